The number of aromatic nitrogens is 2. The van der Waals surface area contributed by atoms with E-state index >= 15 is 0 Å². The molecule has 7 nitrogen and oxygen atoms in total. The third kappa shape index (κ3) is 4.39. The number of nitrogens with zero attached hydrogens (tertiary/aromatic N) is 3. The van der Waals surface area contributed by atoms with Crippen LogP contribution in [-0.2, 0) is 4.79 Å². The number of primary amides is 1. The van der Waals surface area contributed by atoms with E-state index in [0.29, 0.717) is 24.2 Å². The van der Waals surface area contributed by atoms with Gasteiger partial charge in [0, 0.05) is 36.3 Å². The number of aliphatic hydroxyl groups is 1. The number of terminal acetylenes is 1. The van der Waals surface area contributed by atoms with Crippen molar-refractivity contribution in [3.05, 3.63) is 59.9 Å². The maximum Gasteiger partial charge on any atom is 0.267 e. The van der Waals surface area contributed by atoms with Gasteiger partial charge in [0.15, 0.2) is 0 Å². The van der Waals surface area contributed by atoms with Crippen molar-refractivity contribution < 1.29 is 14.7 Å². The van der Waals surface area contributed by atoms with Gasteiger partial charge in [0.05, 0.1) is 11.2 Å². The highest BCUT2D eigenvalue weighted by atomic mass is 16.3. The molecule has 0 bridgehead atoms. The second-order valence-electron chi connectivity index (χ2n) is 6.58. The lowest BCUT2D eigenvalue weighted by molar-refractivity contribution is -0.133. The highest BCUT2D eigenvalue weighted by Gasteiger charge is 2.26. The molecule has 4 rings (SSSR count). The summed E-state index contributed by atoms with van der Waals surface area (Å²) in [4.78, 5) is 32.3. The molecular weight excluding hydrogens is 368 g/mol. The first kappa shape index (κ1) is 20.0. The lowest BCUT2D eigenvalue weighted by Gasteiger charge is -2.07. The number of fused-ring (bicyclic) bond motifs is 1. The summed E-state index contributed by atoms with van der Waals surface area (Å²) >= 11 is 0. The van der Waals surface area contributed by atoms with E-state index < -0.39 is 12.0 Å². The van der Waals surface area contributed by atoms with Gasteiger partial charge < -0.3 is 15.7 Å². The number of aliphatic hydroxyl groups excluding tert-OH is 1. The standard InChI is InChI=1S/C17H11N3O.C5H9NO2/c1-2-11-5-3-6-12(9-11)16-15-13(7-4-8-19-15)10-14(20-16)17(18)21;1-6-3-2-4(7)5(6)8/h1,3-10H,(H2,18,21);4,7H,2-3H2,1H3. The maximum absolute atomic E-state index is 11.5. The molecule has 3 heterocycles. The van der Waals surface area contributed by atoms with Crippen LogP contribution < -0.4 is 5.73 Å². The Morgan fingerprint density at radius 2 is 2.10 bits per heavy atom. The van der Waals surface area contributed by atoms with Crippen LogP contribution in [0.5, 0.6) is 0 Å². The third-order valence-corrected chi connectivity index (χ3v) is 4.54. The maximum atomic E-state index is 11.5. The summed E-state index contributed by atoms with van der Waals surface area (Å²) in [7, 11) is 1.69. The lowest BCUT2D eigenvalue weighted by atomic mass is 10.0. The van der Waals surface area contributed by atoms with Crippen molar-refractivity contribution in [2.24, 2.45) is 5.73 Å². The Morgan fingerprint density at radius 1 is 1.31 bits per heavy atom. The topological polar surface area (TPSA) is 109 Å². The van der Waals surface area contributed by atoms with Crippen molar-refractivity contribution in [3.63, 3.8) is 0 Å². The SMILES string of the molecule is C#Cc1cccc(-c2nc(C(N)=O)cc3cccnc23)c1.CN1CCC(O)C1=O. The van der Waals surface area contributed by atoms with E-state index in [-0.39, 0.29) is 11.6 Å². The zero-order chi connectivity index (χ0) is 21.0. The summed E-state index contributed by atoms with van der Waals surface area (Å²) in [6.45, 7) is 0.694. The van der Waals surface area contributed by atoms with Crippen molar-refractivity contribution in [2.75, 3.05) is 13.6 Å². The van der Waals surface area contributed by atoms with E-state index in [1.165, 1.54) is 4.90 Å². The molecule has 2 amide bonds. The molecule has 1 atom stereocenters. The highest BCUT2D eigenvalue weighted by molar-refractivity contribution is 5.99. The first-order chi connectivity index (χ1) is 13.9. The van der Waals surface area contributed by atoms with Gasteiger partial charge in [-0.3, -0.25) is 14.6 Å². The third-order valence-electron chi connectivity index (χ3n) is 4.54. The first-order valence-electron chi connectivity index (χ1n) is 8.96. The van der Waals surface area contributed by atoms with Crippen molar-refractivity contribution in [1.82, 2.24) is 14.9 Å². The summed E-state index contributed by atoms with van der Waals surface area (Å²) in [5, 5.41) is 9.58. The molecule has 1 aromatic carbocycles. The summed E-state index contributed by atoms with van der Waals surface area (Å²) in [6.07, 6.45) is 6.98. The molecule has 7 heteroatoms. The lowest BCUT2D eigenvalue weighted by Crippen LogP contribution is -2.24. The number of pyridine rings is 2. The van der Waals surface area contributed by atoms with E-state index in [1.54, 1.807) is 25.4 Å². The molecule has 0 saturated carbocycles. The number of likely N-dealkylation sites (N-methyl/N-ethyl adjacent to an activating group) is 1. The molecule has 1 saturated heterocycles. The molecule has 1 aliphatic heterocycles. The minimum atomic E-state index is -0.722. The zero-order valence-electron chi connectivity index (χ0n) is 15.9. The van der Waals surface area contributed by atoms with Crippen LogP contribution in [-0.4, -0.2) is 51.5 Å². The van der Waals surface area contributed by atoms with Crippen LogP contribution in [0.2, 0.25) is 0 Å². The highest BCUT2D eigenvalue weighted by Crippen LogP contribution is 2.26. The van der Waals surface area contributed by atoms with Gasteiger partial charge in [-0.05, 0) is 30.7 Å². The molecule has 1 fully saturated rings. The fourth-order valence-corrected chi connectivity index (χ4v) is 2.97. The summed E-state index contributed by atoms with van der Waals surface area (Å²) in [6, 6.07) is 12.7. The molecule has 1 aliphatic rings. The van der Waals surface area contributed by atoms with Crippen molar-refractivity contribution in [1.29, 1.82) is 0 Å². The predicted molar refractivity (Wildman–Crippen MR) is 110 cm³/mol. The van der Waals surface area contributed by atoms with Gasteiger partial charge in [-0.15, -0.1) is 6.42 Å². The van der Waals surface area contributed by atoms with Crippen LogP contribution in [0.3, 0.4) is 0 Å². The van der Waals surface area contributed by atoms with Crippen LogP contribution in [0.1, 0.15) is 22.5 Å². The van der Waals surface area contributed by atoms with Gasteiger partial charge in [-0.1, -0.05) is 24.1 Å². The van der Waals surface area contributed by atoms with Gasteiger partial charge in [0.25, 0.3) is 11.8 Å². The van der Waals surface area contributed by atoms with Crippen LogP contribution in [0, 0.1) is 12.3 Å². The minimum Gasteiger partial charge on any atom is -0.383 e. The average Bonchev–Trinajstić information content (AvgIpc) is 3.04. The van der Waals surface area contributed by atoms with Gasteiger partial charge in [0.2, 0.25) is 0 Å². The van der Waals surface area contributed by atoms with Crippen molar-refractivity contribution in [2.45, 2.75) is 12.5 Å². The Kier molecular flexibility index (Phi) is 5.86. The molecule has 0 spiro atoms. The quantitative estimate of drug-likeness (QED) is 0.648. The number of likely N-dealkylation sites (tertiary alicyclic amines) is 1. The molecular formula is C22H20N4O3. The second-order valence-corrected chi connectivity index (χ2v) is 6.58. The number of nitrogens with two attached hydrogens (primary N) is 1. The van der Waals surface area contributed by atoms with Gasteiger partial charge in [-0.25, -0.2) is 4.98 Å². The summed E-state index contributed by atoms with van der Waals surface area (Å²) in [5.41, 5.74) is 8.40. The second kappa shape index (κ2) is 8.50. The Bertz CT molecular complexity index is 1110. The van der Waals surface area contributed by atoms with E-state index in [2.05, 4.69) is 15.9 Å². The summed E-state index contributed by atoms with van der Waals surface area (Å²) in [5.74, 6) is 1.86. The monoisotopic (exact) mass is 388 g/mol. The first-order valence-corrected chi connectivity index (χ1v) is 8.96. The number of hydrogen-bond acceptors (Lipinski definition) is 5. The van der Waals surface area contributed by atoms with Crippen LogP contribution in [0.4, 0.5) is 0 Å². The number of amides is 2. The molecule has 1 unspecified atom stereocenters. The number of carbonyl (C=O) groups is 2. The van der Waals surface area contributed by atoms with Gasteiger partial charge >= 0.3 is 0 Å². The largest absolute Gasteiger partial charge is 0.383 e. The van der Waals surface area contributed by atoms with Gasteiger partial charge in [-0.2, -0.15) is 0 Å². The van der Waals surface area contributed by atoms with E-state index in [0.717, 1.165) is 16.5 Å². The Hall–Kier alpha value is -3.76. The van der Waals surface area contributed by atoms with E-state index in [1.807, 2.05) is 30.3 Å². The fraction of sp³-hybridized carbons (Fsp3) is 0.182. The Morgan fingerprint density at radius 3 is 2.69 bits per heavy atom. The minimum absolute atomic E-state index is 0.148. The Labute approximate surface area is 168 Å². The molecule has 0 radical (unpaired) electrons. The van der Waals surface area contributed by atoms with Crippen LogP contribution in [0.15, 0.2) is 48.7 Å². The smallest absolute Gasteiger partial charge is 0.267 e. The Balaban J connectivity index is 0.000000252. The summed E-state index contributed by atoms with van der Waals surface area (Å²) < 4.78 is 0. The van der Waals surface area contributed by atoms with E-state index in [9.17, 15) is 9.59 Å². The van der Waals surface area contributed by atoms with Crippen molar-refractivity contribution in [3.8, 4) is 23.6 Å². The molecule has 0 aliphatic carbocycles. The van der Waals surface area contributed by atoms with Gasteiger partial charge in [0.1, 0.15) is 11.8 Å². The van der Waals surface area contributed by atoms with Crippen LogP contribution >= 0.6 is 0 Å². The molecule has 2 aromatic heterocycles. The van der Waals surface area contributed by atoms with E-state index in [4.69, 9.17) is 17.3 Å². The number of hydrogen-bond donors (Lipinski definition) is 2. The predicted octanol–water partition coefficient (Wildman–Crippen LogP) is 1.59. The van der Waals surface area contributed by atoms with Crippen LogP contribution in [0.25, 0.3) is 22.2 Å². The molecule has 3 N–H and O–H groups in total. The normalized spacial score (nSPS) is 15.6. The fourth-order valence-electron chi connectivity index (χ4n) is 2.97. The molecule has 3 aromatic rings. The van der Waals surface area contributed by atoms with Crippen molar-refractivity contribution >= 4 is 22.7 Å². The zero-order valence-corrected chi connectivity index (χ0v) is 15.9. The average molecular weight is 388 g/mol. The molecule has 29 heavy (non-hydrogen) atoms. The number of benzene rings is 1. The number of rotatable bonds is 2. The number of carbonyl (C=O) groups excluding carboxylic acids is 2. The molecule has 146 valence electrons.